The van der Waals surface area contributed by atoms with Crippen molar-refractivity contribution in [1.29, 1.82) is 0 Å². The summed E-state index contributed by atoms with van der Waals surface area (Å²) >= 11 is 0. The molecule has 96 valence electrons. The Morgan fingerprint density at radius 3 is 2.41 bits per heavy atom. The normalized spacial score (nSPS) is 12.4. The molecule has 0 atom stereocenters. The van der Waals surface area contributed by atoms with E-state index in [-0.39, 0.29) is 5.03 Å². The second kappa shape index (κ2) is 5.57. The van der Waals surface area contributed by atoms with Gasteiger partial charge in [0, 0.05) is 32.9 Å². The zero-order valence-electron chi connectivity index (χ0n) is 10.6. The van der Waals surface area contributed by atoms with Gasteiger partial charge in [-0.2, -0.15) is 0 Å². The van der Waals surface area contributed by atoms with Crippen molar-refractivity contribution in [2.45, 2.75) is 31.5 Å². The highest BCUT2D eigenvalue weighted by atomic mass is 32.2. The van der Waals surface area contributed by atoms with E-state index in [9.17, 15) is 8.42 Å². The van der Waals surface area contributed by atoms with Crippen LogP contribution in [0, 0.1) is 0 Å². The van der Waals surface area contributed by atoms with E-state index in [1.54, 1.807) is 12.3 Å². The minimum absolute atomic E-state index is 0.0794. The Bertz CT molecular complexity index is 452. The van der Waals surface area contributed by atoms with Crippen molar-refractivity contribution in [3.63, 3.8) is 0 Å². The smallest absolute Gasteiger partial charge is 0.260 e. The minimum Gasteiger partial charge on any atom is -0.310 e. The third-order valence-corrected chi connectivity index (χ3v) is 3.99. The monoisotopic (exact) mass is 257 g/mol. The van der Waals surface area contributed by atoms with Crippen LogP contribution >= 0.6 is 0 Å². The van der Waals surface area contributed by atoms with Crippen LogP contribution in [0.15, 0.2) is 23.4 Å². The number of nitrogens with one attached hydrogen (secondary N) is 1. The maximum Gasteiger partial charge on any atom is 0.260 e. The van der Waals surface area contributed by atoms with Crippen LogP contribution < -0.4 is 5.32 Å². The molecule has 0 fully saturated rings. The molecule has 1 rings (SSSR count). The zero-order chi connectivity index (χ0) is 13.1. The van der Waals surface area contributed by atoms with Gasteiger partial charge in [-0.1, -0.05) is 19.9 Å². The predicted octanol–water partition coefficient (Wildman–Crippen LogP) is 0.830. The minimum atomic E-state index is -3.42. The van der Waals surface area contributed by atoms with E-state index in [1.165, 1.54) is 20.2 Å². The van der Waals surface area contributed by atoms with E-state index in [2.05, 4.69) is 24.1 Å². The van der Waals surface area contributed by atoms with E-state index < -0.39 is 10.0 Å². The first kappa shape index (κ1) is 14.1. The largest absolute Gasteiger partial charge is 0.310 e. The van der Waals surface area contributed by atoms with Gasteiger partial charge in [-0.05, 0) is 11.6 Å². The van der Waals surface area contributed by atoms with Gasteiger partial charge >= 0.3 is 0 Å². The van der Waals surface area contributed by atoms with Crippen molar-refractivity contribution in [2.75, 3.05) is 14.1 Å². The molecule has 0 aliphatic rings. The fraction of sp³-hybridized carbons (Fsp3) is 0.545. The average Bonchev–Trinajstić information content (AvgIpc) is 2.26. The lowest BCUT2D eigenvalue weighted by molar-refractivity contribution is 0.516. The number of hydrogen-bond acceptors (Lipinski definition) is 4. The Balaban J connectivity index is 2.82. The van der Waals surface area contributed by atoms with Gasteiger partial charge in [0.1, 0.15) is 0 Å². The molecule has 0 unspecified atom stereocenters. The lowest BCUT2D eigenvalue weighted by Crippen LogP contribution is -2.24. The first-order chi connectivity index (χ1) is 7.84. The standard InChI is InChI=1S/C11H19N3O2S/c1-9(2)12-7-10-5-6-11(13-8-10)17(15,16)14(3)4/h5-6,8-9,12H,7H2,1-4H3. The van der Waals surface area contributed by atoms with Crippen LogP contribution in [0.25, 0.3) is 0 Å². The predicted molar refractivity (Wildman–Crippen MR) is 67.1 cm³/mol. The van der Waals surface area contributed by atoms with Gasteiger partial charge in [0.25, 0.3) is 10.0 Å². The molecule has 0 spiro atoms. The zero-order valence-corrected chi connectivity index (χ0v) is 11.5. The van der Waals surface area contributed by atoms with Gasteiger partial charge < -0.3 is 5.32 Å². The number of aromatic nitrogens is 1. The molecule has 1 aromatic heterocycles. The Morgan fingerprint density at radius 2 is 2.00 bits per heavy atom. The second-order valence-electron chi connectivity index (χ2n) is 4.33. The van der Waals surface area contributed by atoms with Crippen LogP contribution in [0.3, 0.4) is 0 Å². The molecule has 1 heterocycles. The van der Waals surface area contributed by atoms with Gasteiger partial charge in [0.15, 0.2) is 5.03 Å². The molecule has 0 aliphatic heterocycles. The molecule has 0 bridgehead atoms. The molecule has 0 aliphatic carbocycles. The summed E-state index contributed by atoms with van der Waals surface area (Å²) in [7, 11) is -0.440. The van der Waals surface area contributed by atoms with Crippen molar-refractivity contribution in [3.05, 3.63) is 23.9 Å². The Hall–Kier alpha value is -0.980. The third-order valence-electron chi connectivity index (χ3n) is 2.26. The molecular weight excluding hydrogens is 238 g/mol. The Labute approximate surface area is 103 Å². The van der Waals surface area contributed by atoms with Crippen LogP contribution in [0.1, 0.15) is 19.4 Å². The van der Waals surface area contributed by atoms with E-state index in [0.717, 1.165) is 9.87 Å². The maximum absolute atomic E-state index is 11.8. The number of hydrogen-bond donors (Lipinski definition) is 1. The molecule has 1 N–H and O–H groups in total. The van der Waals surface area contributed by atoms with Crippen LogP contribution in [-0.2, 0) is 16.6 Å². The Kier molecular flexibility index (Phi) is 4.62. The number of sulfonamides is 1. The van der Waals surface area contributed by atoms with Crippen molar-refractivity contribution in [1.82, 2.24) is 14.6 Å². The number of nitrogens with zero attached hydrogens (tertiary/aromatic N) is 2. The summed E-state index contributed by atoms with van der Waals surface area (Å²) in [6.07, 6.45) is 1.59. The highest BCUT2D eigenvalue weighted by Gasteiger charge is 2.18. The van der Waals surface area contributed by atoms with Crippen molar-refractivity contribution in [2.24, 2.45) is 0 Å². The summed E-state index contributed by atoms with van der Waals surface area (Å²) in [5.74, 6) is 0. The van der Waals surface area contributed by atoms with Crippen LogP contribution in [0.5, 0.6) is 0 Å². The maximum atomic E-state index is 11.8. The van der Waals surface area contributed by atoms with Crippen molar-refractivity contribution in [3.8, 4) is 0 Å². The molecule has 6 heteroatoms. The molecular formula is C11H19N3O2S. The topological polar surface area (TPSA) is 62.3 Å². The molecule has 0 aromatic carbocycles. The fourth-order valence-corrected chi connectivity index (χ4v) is 1.98. The lowest BCUT2D eigenvalue weighted by atomic mass is 10.2. The van der Waals surface area contributed by atoms with E-state index in [0.29, 0.717) is 12.6 Å². The number of pyridine rings is 1. The fourth-order valence-electron chi connectivity index (χ4n) is 1.18. The first-order valence-corrected chi connectivity index (χ1v) is 6.89. The average molecular weight is 257 g/mol. The van der Waals surface area contributed by atoms with E-state index in [4.69, 9.17) is 0 Å². The van der Waals surface area contributed by atoms with Crippen LogP contribution in [-0.4, -0.2) is 37.8 Å². The summed E-state index contributed by atoms with van der Waals surface area (Å²) in [6, 6.07) is 3.70. The molecule has 17 heavy (non-hydrogen) atoms. The van der Waals surface area contributed by atoms with Crippen LogP contribution in [0.2, 0.25) is 0 Å². The summed E-state index contributed by atoms with van der Waals surface area (Å²) < 4.78 is 24.7. The van der Waals surface area contributed by atoms with E-state index >= 15 is 0 Å². The molecule has 0 saturated carbocycles. The third kappa shape index (κ3) is 3.76. The van der Waals surface area contributed by atoms with E-state index in [1.807, 2.05) is 0 Å². The highest BCUT2D eigenvalue weighted by Crippen LogP contribution is 2.10. The van der Waals surface area contributed by atoms with Gasteiger partial charge in [-0.15, -0.1) is 0 Å². The van der Waals surface area contributed by atoms with Gasteiger partial charge in [0.05, 0.1) is 0 Å². The lowest BCUT2D eigenvalue weighted by Gasteiger charge is -2.11. The molecule has 0 radical (unpaired) electrons. The van der Waals surface area contributed by atoms with Crippen molar-refractivity contribution >= 4 is 10.0 Å². The summed E-state index contributed by atoms with van der Waals surface area (Å²) in [5, 5.41) is 3.32. The SMILES string of the molecule is CC(C)NCc1ccc(S(=O)(=O)N(C)C)nc1. The summed E-state index contributed by atoms with van der Waals surface area (Å²) in [6.45, 7) is 4.80. The van der Waals surface area contributed by atoms with Gasteiger partial charge in [-0.25, -0.2) is 17.7 Å². The summed E-state index contributed by atoms with van der Waals surface area (Å²) in [4.78, 5) is 3.98. The first-order valence-electron chi connectivity index (χ1n) is 5.45. The molecule has 1 aromatic rings. The van der Waals surface area contributed by atoms with Crippen LogP contribution in [0.4, 0.5) is 0 Å². The molecule has 0 saturated heterocycles. The Morgan fingerprint density at radius 1 is 1.35 bits per heavy atom. The molecule has 5 nitrogen and oxygen atoms in total. The quantitative estimate of drug-likeness (QED) is 0.848. The molecule has 0 amide bonds. The van der Waals surface area contributed by atoms with Gasteiger partial charge in [0.2, 0.25) is 0 Å². The highest BCUT2D eigenvalue weighted by molar-refractivity contribution is 7.89. The second-order valence-corrected chi connectivity index (χ2v) is 6.43. The van der Waals surface area contributed by atoms with Crippen molar-refractivity contribution < 1.29 is 8.42 Å². The summed E-state index contributed by atoms with van der Waals surface area (Å²) in [5.41, 5.74) is 0.969. The number of rotatable bonds is 5. The van der Waals surface area contributed by atoms with Gasteiger partial charge in [-0.3, -0.25) is 0 Å².